The number of nitrogens with zero attached hydrogens (tertiary/aromatic N) is 1. The molecule has 38 heavy (non-hydrogen) atoms. The monoisotopic (exact) mass is 517 g/mol. The van der Waals surface area contributed by atoms with E-state index >= 15 is 0 Å². The molecule has 0 atom stereocenters. The summed E-state index contributed by atoms with van der Waals surface area (Å²) in [5, 5.41) is 0. The summed E-state index contributed by atoms with van der Waals surface area (Å²) in [6.45, 7) is -0.417. The highest BCUT2D eigenvalue weighted by molar-refractivity contribution is 6.01. The van der Waals surface area contributed by atoms with Crippen molar-refractivity contribution < 1.29 is 32.2 Å². The van der Waals surface area contributed by atoms with E-state index in [9.17, 15) is 22.8 Å². The predicted molar refractivity (Wildman–Crippen MR) is 132 cm³/mol. The second kappa shape index (κ2) is 8.62. The van der Waals surface area contributed by atoms with E-state index in [4.69, 9.17) is 9.47 Å². The SMILES string of the molecule is O=C1C=CC2(C=C1)CCN(C(=O)C(F)(F)F)Cc1ccc3c(c12)OC(c1ccccc1)(c1ccccc1)O3. The molecule has 0 unspecified atom stereocenters. The van der Waals surface area contributed by atoms with Gasteiger partial charge in [-0.05, 0) is 30.2 Å². The van der Waals surface area contributed by atoms with Crippen LogP contribution in [-0.4, -0.2) is 29.3 Å². The van der Waals surface area contributed by atoms with Crippen LogP contribution in [0.4, 0.5) is 13.2 Å². The van der Waals surface area contributed by atoms with Crippen molar-refractivity contribution in [1.82, 2.24) is 4.90 Å². The van der Waals surface area contributed by atoms with Crippen LogP contribution in [0.1, 0.15) is 28.7 Å². The molecule has 2 aliphatic heterocycles. The topological polar surface area (TPSA) is 55.8 Å². The third-order valence-electron chi connectivity index (χ3n) is 7.26. The van der Waals surface area contributed by atoms with E-state index in [1.807, 2.05) is 60.7 Å². The zero-order valence-electron chi connectivity index (χ0n) is 20.1. The highest BCUT2D eigenvalue weighted by atomic mass is 19.4. The van der Waals surface area contributed by atoms with Crippen molar-refractivity contribution in [2.75, 3.05) is 6.54 Å². The molecule has 3 aromatic rings. The van der Waals surface area contributed by atoms with Gasteiger partial charge in [0.2, 0.25) is 0 Å². The van der Waals surface area contributed by atoms with E-state index in [0.29, 0.717) is 22.6 Å². The Morgan fingerprint density at radius 2 is 1.45 bits per heavy atom. The highest BCUT2D eigenvalue weighted by Gasteiger charge is 2.51. The molecule has 0 aromatic heterocycles. The Kier molecular flexibility index (Phi) is 5.45. The van der Waals surface area contributed by atoms with E-state index in [1.54, 1.807) is 24.3 Å². The van der Waals surface area contributed by atoms with Gasteiger partial charge in [-0.15, -0.1) is 0 Å². The summed E-state index contributed by atoms with van der Waals surface area (Å²) in [5.74, 6) is -2.67. The second-order valence-electron chi connectivity index (χ2n) is 9.56. The zero-order valence-corrected chi connectivity index (χ0v) is 20.1. The molecule has 192 valence electrons. The van der Waals surface area contributed by atoms with Gasteiger partial charge >= 0.3 is 17.9 Å². The summed E-state index contributed by atoms with van der Waals surface area (Å²) >= 11 is 0. The Morgan fingerprint density at radius 3 is 2.03 bits per heavy atom. The maximum absolute atomic E-state index is 13.4. The summed E-state index contributed by atoms with van der Waals surface area (Å²) < 4.78 is 53.5. The van der Waals surface area contributed by atoms with Crippen molar-refractivity contribution in [3.63, 3.8) is 0 Å². The second-order valence-corrected chi connectivity index (χ2v) is 9.56. The molecule has 3 aromatic carbocycles. The normalized spacial score (nSPS) is 18.8. The fraction of sp³-hybridized carbons (Fsp3) is 0.200. The van der Waals surface area contributed by atoms with Gasteiger partial charge in [-0.1, -0.05) is 78.9 Å². The van der Waals surface area contributed by atoms with Gasteiger partial charge in [0.25, 0.3) is 0 Å². The number of allylic oxidation sites excluding steroid dienone is 4. The van der Waals surface area contributed by atoms with Crippen LogP contribution in [0.2, 0.25) is 0 Å². The number of rotatable bonds is 2. The molecule has 3 aliphatic rings. The van der Waals surface area contributed by atoms with Crippen LogP contribution in [0.15, 0.2) is 97.1 Å². The van der Waals surface area contributed by atoms with Gasteiger partial charge in [-0.25, -0.2) is 0 Å². The first kappa shape index (κ1) is 24.0. The number of amides is 1. The lowest BCUT2D eigenvalue weighted by Crippen LogP contribution is -2.41. The molecule has 0 fully saturated rings. The van der Waals surface area contributed by atoms with Crippen molar-refractivity contribution in [3.8, 4) is 11.5 Å². The minimum atomic E-state index is -5.00. The van der Waals surface area contributed by atoms with Crippen LogP contribution in [0, 0.1) is 0 Å². The third kappa shape index (κ3) is 3.79. The van der Waals surface area contributed by atoms with Crippen LogP contribution in [0.25, 0.3) is 0 Å². The molecule has 1 spiro atoms. The molecular formula is C30H22F3NO4. The standard InChI is InChI=1S/C30H22F3NO4/c31-30(32,33)27(36)34-18-17-28(15-13-23(35)14-16-28)25-20(19-34)11-12-24-26(25)38-29(37-24,21-7-3-1-4-8-21)22-9-5-2-6-10-22/h1-16H,17-19H2. The molecule has 0 radical (unpaired) electrons. The minimum Gasteiger partial charge on any atom is -0.440 e. The van der Waals surface area contributed by atoms with Gasteiger partial charge in [-0.2, -0.15) is 13.2 Å². The fourth-order valence-corrected chi connectivity index (χ4v) is 5.45. The lowest BCUT2D eigenvalue weighted by atomic mass is 9.73. The summed E-state index contributed by atoms with van der Waals surface area (Å²) in [7, 11) is 0. The molecule has 6 rings (SSSR count). The number of benzene rings is 3. The van der Waals surface area contributed by atoms with E-state index in [1.165, 1.54) is 12.2 Å². The molecule has 5 nitrogen and oxygen atoms in total. The van der Waals surface area contributed by atoms with E-state index in [2.05, 4.69) is 0 Å². The Bertz CT molecular complexity index is 1420. The zero-order chi connectivity index (χ0) is 26.5. The number of fused-ring (bicyclic) bond motifs is 4. The first-order valence-corrected chi connectivity index (χ1v) is 12.2. The van der Waals surface area contributed by atoms with Gasteiger partial charge in [0.05, 0.1) is 0 Å². The molecule has 0 saturated heterocycles. The smallest absolute Gasteiger partial charge is 0.440 e. The molecule has 0 bridgehead atoms. The van der Waals surface area contributed by atoms with Gasteiger partial charge in [0.15, 0.2) is 17.3 Å². The average molecular weight is 518 g/mol. The van der Waals surface area contributed by atoms with E-state index in [0.717, 1.165) is 16.0 Å². The molecule has 0 N–H and O–H groups in total. The first-order chi connectivity index (χ1) is 18.2. The van der Waals surface area contributed by atoms with Crippen LogP contribution in [0.5, 0.6) is 11.5 Å². The maximum Gasteiger partial charge on any atom is 0.471 e. The predicted octanol–water partition coefficient (Wildman–Crippen LogP) is 5.59. The number of halogens is 3. The van der Waals surface area contributed by atoms with Crippen molar-refractivity contribution in [3.05, 3.63) is 119 Å². The van der Waals surface area contributed by atoms with Crippen LogP contribution >= 0.6 is 0 Å². The highest BCUT2D eigenvalue weighted by Crippen LogP contribution is 2.55. The van der Waals surface area contributed by atoms with Crippen LogP contribution in [-0.2, 0) is 27.3 Å². The van der Waals surface area contributed by atoms with Gasteiger partial charge in [0, 0.05) is 35.2 Å². The number of carbonyl (C=O) groups excluding carboxylic acids is 2. The maximum atomic E-state index is 13.4. The number of ketones is 1. The van der Waals surface area contributed by atoms with Crippen molar-refractivity contribution in [2.45, 2.75) is 30.3 Å². The molecule has 0 saturated carbocycles. The number of ether oxygens (including phenoxy) is 2. The van der Waals surface area contributed by atoms with Gasteiger partial charge < -0.3 is 14.4 Å². The minimum absolute atomic E-state index is 0.131. The first-order valence-electron chi connectivity index (χ1n) is 12.2. The van der Waals surface area contributed by atoms with Crippen molar-refractivity contribution >= 4 is 11.7 Å². The number of hydrogen-bond acceptors (Lipinski definition) is 4. The van der Waals surface area contributed by atoms with Crippen molar-refractivity contribution in [1.29, 1.82) is 0 Å². The van der Waals surface area contributed by atoms with E-state index < -0.39 is 23.3 Å². The Hall–Kier alpha value is -4.33. The largest absolute Gasteiger partial charge is 0.471 e. The van der Waals surface area contributed by atoms with E-state index in [-0.39, 0.29) is 25.3 Å². The summed E-state index contributed by atoms with van der Waals surface area (Å²) in [4.78, 5) is 25.1. The summed E-state index contributed by atoms with van der Waals surface area (Å²) in [6, 6.07) is 22.1. The molecule has 8 heteroatoms. The summed E-state index contributed by atoms with van der Waals surface area (Å²) in [6.07, 6.45) is 1.31. The molecule has 2 heterocycles. The van der Waals surface area contributed by atoms with Gasteiger partial charge in [-0.3, -0.25) is 9.59 Å². The van der Waals surface area contributed by atoms with Crippen LogP contribution < -0.4 is 9.47 Å². The molecule has 1 aliphatic carbocycles. The third-order valence-corrected chi connectivity index (χ3v) is 7.26. The van der Waals surface area contributed by atoms with Crippen molar-refractivity contribution in [2.24, 2.45) is 0 Å². The molecule has 1 amide bonds. The van der Waals surface area contributed by atoms with Crippen LogP contribution in [0.3, 0.4) is 0 Å². The Morgan fingerprint density at radius 1 is 0.842 bits per heavy atom. The number of carbonyl (C=O) groups is 2. The summed E-state index contributed by atoms with van der Waals surface area (Å²) in [5.41, 5.74) is 1.57. The molecular weight excluding hydrogens is 495 g/mol. The Labute approximate surface area is 216 Å². The quantitative estimate of drug-likeness (QED) is 0.445. The lowest BCUT2D eigenvalue weighted by molar-refractivity contribution is -0.186. The Balaban J connectivity index is 1.54. The number of alkyl halides is 3. The fourth-order valence-electron chi connectivity index (χ4n) is 5.45. The lowest BCUT2D eigenvalue weighted by Gasteiger charge is -2.32. The average Bonchev–Trinajstić information content (AvgIpc) is 3.25. The van der Waals surface area contributed by atoms with Gasteiger partial charge in [0.1, 0.15) is 0 Å². The number of hydrogen-bond donors (Lipinski definition) is 0.